The molecule has 0 radical (unpaired) electrons. The van der Waals surface area contributed by atoms with Gasteiger partial charge in [-0.2, -0.15) is 0 Å². The van der Waals surface area contributed by atoms with E-state index in [0.29, 0.717) is 6.61 Å². The van der Waals surface area contributed by atoms with Crippen molar-refractivity contribution in [3.63, 3.8) is 0 Å². The summed E-state index contributed by atoms with van der Waals surface area (Å²) in [5, 5.41) is 7.75. The third kappa shape index (κ3) is 5.22. The Bertz CT molecular complexity index is 344. The summed E-state index contributed by atoms with van der Waals surface area (Å²) in [5.41, 5.74) is 1.24. The van der Waals surface area contributed by atoms with Crippen LogP contribution in [0, 0.1) is 0 Å². The SMILES string of the molecule is CC(C)(C)NCCOn1ccc(C(C)(C)C)n1. The topological polar surface area (TPSA) is 39.1 Å². The second-order valence-corrected chi connectivity index (χ2v) is 6.36. The van der Waals surface area contributed by atoms with Crippen LogP contribution in [0.5, 0.6) is 0 Å². The summed E-state index contributed by atoms with van der Waals surface area (Å²) in [6.07, 6.45) is 1.86. The maximum Gasteiger partial charge on any atom is 0.129 e. The van der Waals surface area contributed by atoms with Gasteiger partial charge in [0.05, 0.1) is 11.9 Å². The molecule has 0 unspecified atom stereocenters. The summed E-state index contributed by atoms with van der Waals surface area (Å²) in [7, 11) is 0. The number of nitrogens with zero attached hydrogens (tertiary/aromatic N) is 2. The fraction of sp³-hybridized carbons (Fsp3) is 0.769. The van der Waals surface area contributed by atoms with E-state index in [1.165, 1.54) is 0 Å². The van der Waals surface area contributed by atoms with Crippen molar-refractivity contribution in [2.24, 2.45) is 0 Å². The molecule has 1 N–H and O–H groups in total. The average molecular weight is 239 g/mol. The van der Waals surface area contributed by atoms with Crippen LogP contribution >= 0.6 is 0 Å². The zero-order valence-electron chi connectivity index (χ0n) is 11.9. The van der Waals surface area contributed by atoms with E-state index in [1.807, 2.05) is 12.3 Å². The van der Waals surface area contributed by atoms with Crippen molar-refractivity contribution in [1.29, 1.82) is 0 Å². The Morgan fingerprint density at radius 3 is 2.35 bits per heavy atom. The van der Waals surface area contributed by atoms with Crippen molar-refractivity contribution < 1.29 is 4.84 Å². The molecule has 0 atom stereocenters. The van der Waals surface area contributed by atoms with Gasteiger partial charge in [0, 0.05) is 17.5 Å². The molecule has 0 aromatic carbocycles. The lowest BCUT2D eigenvalue weighted by molar-refractivity contribution is 0.0794. The Balaban J connectivity index is 2.36. The fourth-order valence-electron chi connectivity index (χ4n) is 1.34. The molecule has 4 nitrogen and oxygen atoms in total. The maximum absolute atomic E-state index is 5.52. The first-order valence-electron chi connectivity index (χ1n) is 6.13. The van der Waals surface area contributed by atoms with Crippen molar-refractivity contribution in [3.8, 4) is 0 Å². The van der Waals surface area contributed by atoms with E-state index in [4.69, 9.17) is 4.84 Å². The zero-order valence-corrected chi connectivity index (χ0v) is 11.9. The molecule has 1 aromatic heterocycles. The summed E-state index contributed by atoms with van der Waals surface area (Å²) in [6.45, 7) is 14.3. The van der Waals surface area contributed by atoms with Crippen LogP contribution in [0.4, 0.5) is 0 Å². The molecule has 0 fully saturated rings. The third-order valence-electron chi connectivity index (χ3n) is 2.32. The molecule has 0 bridgehead atoms. The molecule has 0 saturated carbocycles. The van der Waals surface area contributed by atoms with Crippen LogP contribution in [-0.2, 0) is 5.41 Å². The minimum Gasteiger partial charge on any atom is -0.395 e. The number of rotatable bonds is 4. The lowest BCUT2D eigenvalue weighted by Gasteiger charge is -2.20. The molecule has 0 aliphatic carbocycles. The van der Waals surface area contributed by atoms with Crippen LogP contribution < -0.4 is 10.2 Å². The third-order valence-corrected chi connectivity index (χ3v) is 2.32. The van der Waals surface area contributed by atoms with E-state index < -0.39 is 0 Å². The van der Waals surface area contributed by atoms with Crippen LogP contribution in [0.25, 0.3) is 0 Å². The van der Waals surface area contributed by atoms with E-state index in [2.05, 4.69) is 52.0 Å². The number of aromatic nitrogens is 2. The molecule has 1 rings (SSSR count). The van der Waals surface area contributed by atoms with Crippen molar-refractivity contribution in [2.75, 3.05) is 13.2 Å². The van der Waals surface area contributed by atoms with Gasteiger partial charge in [0.25, 0.3) is 0 Å². The van der Waals surface area contributed by atoms with E-state index in [0.717, 1.165) is 12.2 Å². The summed E-state index contributed by atoms with van der Waals surface area (Å²) in [6, 6.07) is 2.00. The Morgan fingerprint density at radius 1 is 1.24 bits per heavy atom. The highest BCUT2D eigenvalue weighted by molar-refractivity contribution is 5.09. The predicted octanol–water partition coefficient (Wildman–Crippen LogP) is 2.00. The number of nitrogens with one attached hydrogen (secondary N) is 1. The smallest absolute Gasteiger partial charge is 0.129 e. The number of hydrogen-bond donors (Lipinski definition) is 1. The summed E-state index contributed by atoms with van der Waals surface area (Å²) in [5.74, 6) is 0. The van der Waals surface area contributed by atoms with Crippen molar-refractivity contribution in [3.05, 3.63) is 18.0 Å². The molecule has 4 heteroatoms. The molecule has 1 heterocycles. The fourth-order valence-corrected chi connectivity index (χ4v) is 1.34. The first-order valence-corrected chi connectivity index (χ1v) is 6.13. The van der Waals surface area contributed by atoms with Gasteiger partial charge in [-0.15, -0.1) is 9.94 Å². The molecule has 0 amide bonds. The predicted molar refractivity (Wildman–Crippen MR) is 70.1 cm³/mol. The van der Waals surface area contributed by atoms with Gasteiger partial charge >= 0.3 is 0 Å². The minimum absolute atomic E-state index is 0.0677. The summed E-state index contributed by atoms with van der Waals surface area (Å²) < 4.78 is 0. The number of hydrogen-bond acceptors (Lipinski definition) is 3. The molecular weight excluding hydrogens is 214 g/mol. The van der Waals surface area contributed by atoms with Crippen LogP contribution in [0.3, 0.4) is 0 Å². The monoisotopic (exact) mass is 239 g/mol. The first-order chi connectivity index (χ1) is 7.68. The molecule has 98 valence electrons. The summed E-state index contributed by atoms with van der Waals surface area (Å²) >= 11 is 0. The molecule has 17 heavy (non-hydrogen) atoms. The quantitative estimate of drug-likeness (QED) is 0.817. The van der Waals surface area contributed by atoms with Crippen molar-refractivity contribution in [2.45, 2.75) is 52.5 Å². The van der Waals surface area contributed by atoms with Crippen LogP contribution in [0.15, 0.2) is 12.3 Å². The van der Waals surface area contributed by atoms with Gasteiger partial charge in [0.1, 0.15) is 6.61 Å². The van der Waals surface area contributed by atoms with Crippen molar-refractivity contribution in [1.82, 2.24) is 15.3 Å². The van der Waals surface area contributed by atoms with Gasteiger partial charge < -0.3 is 10.2 Å². The molecule has 1 aromatic rings. The Kier molecular flexibility index (Phi) is 4.20. The highest BCUT2D eigenvalue weighted by atomic mass is 16.7. The van der Waals surface area contributed by atoms with E-state index in [1.54, 1.807) is 4.85 Å². The molecular formula is C13H25N3O. The zero-order chi connectivity index (χ0) is 13.1. The second-order valence-electron chi connectivity index (χ2n) is 6.36. The van der Waals surface area contributed by atoms with Crippen LogP contribution in [0.2, 0.25) is 0 Å². The van der Waals surface area contributed by atoms with Gasteiger partial charge in [-0.25, -0.2) is 0 Å². The van der Waals surface area contributed by atoms with Crippen LogP contribution in [-0.4, -0.2) is 28.6 Å². The largest absolute Gasteiger partial charge is 0.395 e. The van der Waals surface area contributed by atoms with Crippen LogP contribution in [0.1, 0.15) is 47.2 Å². The standard InChI is InChI=1S/C13H25N3O/c1-12(2,3)11-7-9-16(15-11)17-10-8-14-13(4,5)6/h7,9,14H,8,10H2,1-6H3. The van der Waals surface area contributed by atoms with Gasteiger partial charge in [0.2, 0.25) is 0 Å². The maximum atomic E-state index is 5.52. The van der Waals surface area contributed by atoms with Gasteiger partial charge in [0.15, 0.2) is 0 Å². The van der Waals surface area contributed by atoms with Gasteiger partial charge in [-0.1, -0.05) is 20.8 Å². The second kappa shape index (κ2) is 5.08. The Hall–Kier alpha value is -1.03. The lowest BCUT2D eigenvalue weighted by atomic mass is 9.93. The first kappa shape index (κ1) is 14.0. The van der Waals surface area contributed by atoms with E-state index in [9.17, 15) is 0 Å². The molecule has 0 aliphatic rings. The van der Waals surface area contributed by atoms with E-state index >= 15 is 0 Å². The summed E-state index contributed by atoms with van der Waals surface area (Å²) in [4.78, 5) is 7.07. The van der Waals surface area contributed by atoms with Gasteiger partial charge in [-0.3, -0.25) is 0 Å². The Morgan fingerprint density at radius 2 is 1.88 bits per heavy atom. The average Bonchev–Trinajstić information content (AvgIpc) is 2.58. The highest BCUT2D eigenvalue weighted by Gasteiger charge is 2.17. The molecule has 0 saturated heterocycles. The normalized spacial score (nSPS) is 12.8. The lowest BCUT2D eigenvalue weighted by Crippen LogP contribution is -2.39. The van der Waals surface area contributed by atoms with Gasteiger partial charge in [-0.05, 0) is 26.8 Å². The van der Waals surface area contributed by atoms with Crippen molar-refractivity contribution >= 4 is 0 Å². The minimum atomic E-state index is 0.0677. The molecule has 0 aliphatic heterocycles. The van der Waals surface area contributed by atoms with E-state index in [-0.39, 0.29) is 11.0 Å². The Labute approximate surface area is 104 Å². The highest BCUT2D eigenvalue weighted by Crippen LogP contribution is 2.18. The molecule has 0 spiro atoms.